The van der Waals surface area contributed by atoms with E-state index in [1.165, 1.54) is 11.8 Å². The molecule has 5 heterocycles. The van der Waals surface area contributed by atoms with Crippen molar-refractivity contribution in [1.29, 1.82) is 0 Å². The predicted octanol–water partition coefficient (Wildman–Crippen LogP) is 6.22. The van der Waals surface area contributed by atoms with Crippen molar-refractivity contribution in [1.82, 2.24) is 25.1 Å². The van der Waals surface area contributed by atoms with E-state index in [1.54, 1.807) is 57.4 Å². The van der Waals surface area contributed by atoms with Gasteiger partial charge in [-0.25, -0.2) is 13.4 Å². The van der Waals surface area contributed by atoms with Gasteiger partial charge in [0.2, 0.25) is 17.8 Å². The predicted molar refractivity (Wildman–Crippen MR) is 232 cm³/mol. The SMILES string of the molecule is COc1cc(C2CCN(C[C@H]3CCN(c4ccc5c(c4)C(=O)N(C4CCC(=O)NC4=O)C5=O)C3)CC2)c(C)cc1Nc1ncc(Cl)c(Nc2ccccc2S(=O)(=O)C(C)C)n1. The highest BCUT2D eigenvalue weighted by Crippen LogP contribution is 2.39. The number of amides is 4. The second-order valence-corrected chi connectivity index (χ2v) is 19.4. The number of aromatic nitrogens is 2. The summed E-state index contributed by atoms with van der Waals surface area (Å²) in [5, 5.41) is 8.24. The lowest BCUT2D eigenvalue weighted by Crippen LogP contribution is -2.54. The van der Waals surface area contributed by atoms with Gasteiger partial charge in [0.05, 0.1) is 46.0 Å². The maximum Gasteiger partial charge on any atom is 0.262 e. The molecule has 15 nitrogen and oxygen atoms in total. The van der Waals surface area contributed by atoms with Gasteiger partial charge in [-0.1, -0.05) is 23.7 Å². The zero-order valence-electron chi connectivity index (χ0n) is 34.5. The first kappa shape index (κ1) is 42.1. The summed E-state index contributed by atoms with van der Waals surface area (Å²) in [6.45, 7) is 9.95. The number of hydrogen-bond acceptors (Lipinski definition) is 13. The summed E-state index contributed by atoms with van der Waals surface area (Å²) in [5.41, 5.74) is 4.88. The molecule has 3 N–H and O–H groups in total. The minimum absolute atomic E-state index is 0.0830. The number of fused-ring (bicyclic) bond motifs is 1. The van der Waals surface area contributed by atoms with Gasteiger partial charge in [-0.3, -0.25) is 29.4 Å². The van der Waals surface area contributed by atoms with Crippen LogP contribution in [0.1, 0.15) is 83.7 Å². The van der Waals surface area contributed by atoms with Crippen LogP contribution in [-0.4, -0.2) is 103 Å². The van der Waals surface area contributed by atoms with Gasteiger partial charge < -0.3 is 25.2 Å². The van der Waals surface area contributed by atoms with E-state index in [2.05, 4.69) is 48.7 Å². The van der Waals surface area contributed by atoms with Crippen molar-refractivity contribution in [2.45, 2.75) is 75.0 Å². The normalized spacial score (nSPS) is 20.0. The summed E-state index contributed by atoms with van der Waals surface area (Å²) in [7, 11) is -1.94. The number of carbonyl (C=O) groups is 4. The highest BCUT2D eigenvalue weighted by molar-refractivity contribution is 7.92. The summed E-state index contributed by atoms with van der Waals surface area (Å²) in [4.78, 5) is 65.7. The van der Waals surface area contributed by atoms with Gasteiger partial charge in [-0.2, -0.15) is 4.98 Å². The lowest BCUT2D eigenvalue weighted by atomic mass is 9.86. The fourth-order valence-corrected chi connectivity index (χ4v) is 10.2. The first-order chi connectivity index (χ1) is 29.2. The van der Waals surface area contributed by atoms with Crippen LogP contribution in [0.15, 0.2) is 65.7 Å². The number of hydrogen-bond donors (Lipinski definition) is 3. The second kappa shape index (κ2) is 17.1. The molecule has 1 unspecified atom stereocenters. The highest BCUT2D eigenvalue weighted by Gasteiger charge is 2.45. The Kier molecular flexibility index (Phi) is 11.8. The number of nitrogens with zero attached hydrogens (tertiary/aromatic N) is 5. The molecule has 3 aromatic carbocycles. The van der Waals surface area contributed by atoms with Crippen molar-refractivity contribution in [2.24, 2.45) is 5.92 Å². The van der Waals surface area contributed by atoms with Crippen molar-refractivity contribution in [2.75, 3.05) is 55.4 Å². The van der Waals surface area contributed by atoms with Crippen molar-refractivity contribution < 1.29 is 32.3 Å². The molecular weight excluding hydrogens is 820 g/mol. The van der Waals surface area contributed by atoms with Crippen LogP contribution < -0.4 is 25.6 Å². The van der Waals surface area contributed by atoms with Crippen molar-refractivity contribution in [3.63, 3.8) is 0 Å². The number of likely N-dealkylation sites (tertiary alicyclic amines) is 1. The molecule has 3 saturated heterocycles. The van der Waals surface area contributed by atoms with E-state index in [1.807, 2.05) is 12.1 Å². The number of ether oxygens (including phenoxy) is 1. The standard InChI is InChI=1S/C44H49ClN8O7S/c1-25(2)61(58,59)38-8-6-5-7-34(38)47-40-33(45)22-46-44(50-40)48-35-19-26(3)31(21-37(35)60-4)28-14-16-51(17-15-28)23-27-13-18-52(24-27)29-9-10-30-32(20-29)43(57)53(42(30)56)36-11-12-39(54)49-41(36)55/h5-10,19-22,25,27-28,36H,11-18,23-24H2,1-4H3,(H,49,54,55)(H2,46,47,48,50)/t27-,36?/m1/s1. The first-order valence-electron chi connectivity index (χ1n) is 20.6. The molecule has 0 radical (unpaired) electrons. The molecule has 0 saturated carbocycles. The van der Waals surface area contributed by atoms with E-state index in [9.17, 15) is 27.6 Å². The van der Waals surface area contributed by atoms with Gasteiger partial charge in [-0.15, -0.1) is 0 Å². The average molecular weight is 869 g/mol. The Balaban J connectivity index is 0.873. The van der Waals surface area contributed by atoms with Gasteiger partial charge in [0.1, 0.15) is 16.8 Å². The van der Waals surface area contributed by atoms with Crippen LogP contribution >= 0.6 is 11.6 Å². The summed E-state index contributed by atoms with van der Waals surface area (Å²) >= 11 is 6.48. The average Bonchev–Trinajstić information content (AvgIpc) is 3.80. The number of piperidine rings is 2. The Morgan fingerprint density at radius 2 is 1.67 bits per heavy atom. The van der Waals surface area contributed by atoms with Crippen LogP contribution in [0, 0.1) is 12.8 Å². The fourth-order valence-electron chi connectivity index (χ4n) is 8.91. The van der Waals surface area contributed by atoms with Crippen molar-refractivity contribution in [3.05, 3.63) is 88.1 Å². The van der Waals surface area contributed by atoms with Crippen LogP contribution in [-0.2, 0) is 19.4 Å². The third-order valence-electron chi connectivity index (χ3n) is 12.3. The smallest absolute Gasteiger partial charge is 0.262 e. The Labute approximate surface area is 360 Å². The van der Waals surface area contributed by atoms with Crippen LogP contribution in [0.4, 0.5) is 28.8 Å². The number of anilines is 5. The molecule has 0 aliphatic carbocycles. The summed E-state index contributed by atoms with van der Waals surface area (Å²) in [6, 6.07) is 15.1. The number of rotatable bonds is 12. The third kappa shape index (κ3) is 8.40. The number of carbonyl (C=O) groups excluding carboxylic acids is 4. The number of imide groups is 2. The number of aryl methyl sites for hydroxylation is 1. The quantitative estimate of drug-likeness (QED) is 0.137. The Morgan fingerprint density at radius 1 is 0.918 bits per heavy atom. The molecule has 4 aliphatic rings. The first-order valence-corrected chi connectivity index (χ1v) is 22.5. The lowest BCUT2D eigenvalue weighted by molar-refractivity contribution is -0.136. The lowest BCUT2D eigenvalue weighted by Gasteiger charge is -2.34. The minimum atomic E-state index is -3.57. The Morgan fingerprint density at radius 3 is 2.41 bits per heavy atom. The molecule has 3 fully saturated rings. The number of methoxy groups -OCH3 is 1. The zero-order valence-corrected chi connectivity index (χ0v) is 36.1. The molecule has 1 aromatic heterocycles. The van der Waals surface area contributed by atoms with Crippen LogP contribution in [0.2, 0.25) is 5.02 Å². The van der Waals surface area contributed by atoms with E-state index in [-0.39, 0.29) is 40.1 Å². The molecule has 0 spiro atoms. The van der Waals surface area contributed by atoms with E-state index in [4.69, 9.17) is 16.3 Å². The van der Waals surface area contributed by atoms with Gasteiger partial charge in [0.15, 0.2) is 15.7 Å². The molecule has 4 aromatic rings. The summed E-state index contributed by atoms with van der Waals surface area (Å²) < 4.78 is 32.0. The van der Waals surface area contributed by atoms with E-state index >= 15 is 0 Å². The summed E-state index contributed by atoms with van der Waals surface area (Å²) in [6.07, 6.45) is 4.69. The zero-order chi connectivity index (χ0) is 43.2. The third-order valence-corrected chi connectivity index (χ3v) is 14.8. The molecule has 4 amide bonds. The molecule has 0 bridgehead atoms. The largest absolute Gasteiger partial charge is 0.495 e. The molecule has 8 rings (SSSR count). The van der Waals surface area contributed by atoms with Gasteiger partial charge >= 0.3 is 0 Å². The number of halogens is 1. The number of nitrogens with one attached hydrogen (secondary N) is 3. The van der Waals surface area contributed by atoms with Crippen LogP contribution in [0.5, 0.6) is 5.75 Å². The molecule has 17 heteroatoms. The van der Waals surface area contributed by atoms with Gasteiger partial charge in [0.25, 0.3) is 11.8 Å². The van der Waals surface area contributed by atoms with Crippen LogP contribution in [0.25, 0.3) is 0 Å². The monoisotopic (exact) mass is 868 g/mol. The van der Waals surface area contributed by atoms with Gasteiger partial charge in [0, 0.05) is 31.7 Å². The summed E-state index contributed by atoms with van der Waals surface area (Å²) in [5.74, 6) is -0.0312. The maximum atomic E-state index is 13.4. The maximum absolute atomic E-state index is 13.4. The number of benzene rings is 3. The molecule has 4 aliphatic heterocycles. The topological polar surface area (TPSA) is 183 Å². The number of sulfone groups is 1. The highest BCUT2D eigenvalue weighted by atomic mass is 35.5. The number of para-hydroxylation sites is 1. The van der Waals surface area contributed by atoms with Gasteiger partial charge in [-0.05, 0) is 125 Å². The molecule has 320 valence electrons. The molecular formula is C44H49ClN8O7S. The molecule has 61 heavy (non-hydrogen) atoms. The van der Waals surface area contributed by atoms with Crippen molar-refractivity contribution in [3.8, 4) is 5.75 Å². The Bertz CT molecular complexity index is 2530. The Hall–Kier alpha value is -5.58. The molecule has 2 atom stereocenters. The van der Waals surface area contributed by atoms with E-state index in [0.29, 0.717) is 34.5 Å². The minimum Gasteiger partial charge on any atom is -0.495 e. The van der Waals surface area contributed by atoms with Crippen molar-refractivity contribution >= 4 is 73.9 Å². The fraction of sp³-hybridized carbons (Fsp3) is 0.409. The van der Waals surface area contributed by atoms with Crippen LogP contribution in [0.3, 0.4) is 0 Å². The van der Waals surface area contributed by atoms with E-state index in [0.717, 1.165) is 68.1 Å². The van der Waals surface area contributed by atoms with E-state index < -0.39 is 44.8 Å². The second-order valence-electron chi connectivity index (χ2n) is 16.5.